The van der Waals surface area contributed by atoms with Crippen molar-refractivity contribution in [1.29, 1.82) is 0 Å². The molecule has 3 rings (SSSR count). The molecule has 0 radical (unpaired) electrons. The summed E-state index contributed by atoms with van der Waals surface area (Å²) in [6.07, 6.45) is -6.26. The molecule has 0 saturated heterocycles. The SMILES string of the molecule is Cc1ccc(Sc2ccc3c(c2)OC(C(F)(F)F)C(C(=O)O)=C3)cc1. The maximum atomic E-state index is 13.1. The van der Waals surface area contributed by atoms with Gasteiger partial charge in [-0.1, -0.05) is 35.5 Å². The summed E-state index contributed by atoms with van der Waals surface area (Å²) in [5.41, 5.74) is 0.600. The summed E-state index contributed by atoms with van der Waals surface area (Å²) in [7, 11) is 0. The Morgan fingerprint density at radius 3 is 2.36 bits per heavy atom. The molecule has 0 fully saturated rings. The van der Waals surface area contributed by atoms with Crippen LogP contribution in [0.4, 0.5) is 13.2 Å². The van der Waals surface area contributed by atoms with Crippen LogP contribution in [0.25, 0.3) is 6.08 Å². The number of benzene rings is 2. The third-order valence-electron chi connectivity index (χ3n) is 3.62. The van der Waals surface area contributed by atoms with Gasteiger partial charge in [-0.2, -0.15) is 13.2 Å². The van der Waals surface area contributed by atoms with Crippen molar-refractivity contribution in [2.45, 2.75) is 29.0 Å². The van der Waals surface area contributed by atoms with E-state index in [1.165, 1.54) is 17.8 Å². The lowest BCUT2D eigenvalue weighted by Crippen LogP contribution is -2.40. The first-order chi connectivity index (χ1) is 11.7. The van der Waals surface area contributed by atoms with Crippen LogP contribution >= 0.6 is 11.8 Å². The predicted octanol–water partition coefficient (Wildman–Crippen LogP) is 4.94. The molecule has 1 aliphatic heterocycles. The molecule has 130 valence electrons. The van der Waals surface area contributed by atoms with Crippen molar-refractivity contribution in [2.75, 3.05) is 0 Å². The number of rotatable bonds is 3. The van der Waals surface area contributed by atoms with Gasteiger partial charge in [-0.15, -0.1) is 0 Å². The molecule has 0 aliphatic carbocycles. The molecule has 0 amide bonds. The van der Waals surface area contributed by atoms with E-state index in [4.69, 9.17) is 9.84 Å². The van der Waals surface area contributed by atoms with Crippen LogP contribution in [0.5, 0.6) is 5.75 Å². The predicted molar refractivity (Wildman–Crippen MR) is 87.8 cm³/mol. The van der Waals surface area contributed by atoms with Crippen LogP contribution in [0.15, 0.2) is 57.8 Å². The van der Waals surface area contributed by atoms with Gasteiger partial charge >= 0.3 is 12.1 Å². The first-order valence-electron chi connectivity index (χ1n) is 7.31. The van der Waals surface area contributed by atoms with E-state index in [0.29, 0.717) is 10.5 Å². The third kappa shape index (κ3) is 3.82. The number of halogens is 3. The Morgan fingerprint density at radius 1 is 1.12 bits per heavy atom. The Morgan fingerprint density at radius 2 is 1.76 bits per heavy atom. The molecule has 0 bridgehead atoms. The second kappa shape index (κ2) is 6.48. The van der Waals surface area contributed by atoms with Crippen molar-refractivity contribution in [2.24, 2.45) is 0 Å². The lowest BCUT2D eigenvalue weighted by Gasteiger charge is -2.27. The number of aryl methyl sites for hydroxylation is 1. The molecule has 3 nitrogen and oxygen atoms in total. The normalized spacial score (nSPS) is 16.6. The maximum Gasteiger partial charge on any atom is 0.430 e. The van der Waals surface area contributed by atoms with Gasteiger partial charge in [0.15, 0.2) is 0 Å². The Labute approximate surface area is 146 Å². The van der Waals surface area contributed by atoms with Crippen LogP contribution in [0, 0.1) is 6.92 Å². The fraction of sp³-hybridized carbons (Fsp3) is 0.167. The standard InChI is InChI=1S/C18H13F3O3S/c1-10-2-5-12(6-3-10)25-13-7-4-11-8-14(17(22)23)16(18(19,20)21)24-15(11)9-13/h2-9,16H,1H3,(H,22,23). The average molecular weight is 366 g/mol. The van der Waals surface area contributed by atoms with Crippen LogP contribution < -0.4 is 4.74 Å². The maximum absolute atomic E-state index is 13.1. The second-order valence-corrected chi connectivity index (χ2v) is 6.71. The van der Waals surface area contributed by atoms with E-state index in [2.05, 4.69) is 0 Å². The fourth-order valence-corrected chi connectivity index (χ4v) is 3.24. The molecular formula is C18H13F3O3S. The first kappa shape index (κ1) is 17.4. The molecule has 0 aromatic heterocycles. The van der Waals surface area contributed by atoms with Gasteiger partial charge < -0.3 is 9.84 Å². The van der Waals surface area contributed by atoms with Gasteiger partial charge in [-0.25, -0.2) is 4.79 Å². The van der Waals surface area contributed by atoms with Crippen LogP contribution in [0.2, 0.25) is 0 Å². The molecule has 25 heavy (non-hydrogen) atoms. The minimum absolute atomic E-state index is 0.0180. The largest absolute Gasteiger partial charge is 0.478 e. The number of carbonyl (C=O) groups is 1. The molecule has 1 aliphatic rings. The van der Waals surface area contributed by atoms with Gasteiger partial charge in [0.1, 0.15) is 5.75 Å². The molecule has 1 N–H and O–H groups in total. The van der Waals surface area contributed by atoms with Crippen LogP contribution in [-0.2, 0) is 4.79 Å². The highest BCUT2D eigenvalue weighted by Gasteiger charge is 2.48. The van der Waals surface area contributed by atoms with Crippen molar-refractivity contribution >= 4 is 23.8 Å². The van der Waals surface area contributed by atoms with Crippen molar-refractivity contribution in [3.8, 4) is 5.75 Å². The highest BCUT2D eigenvalue weighted by Crippen LogP contribution is 2.40. The number of hydrogen-bond acceptors (Lipinski definition) is 3. The van der Waals surface area contributed by atoms with E-state index < -0.39 is 23.8 Å². The number of alkyl halides is 3. The average Bonchev–Trinajstić information content (AvgIpc) is 2.55. The van der Waals surface area contributed by atoms with E-state index in [-0.39, 0.29) is 5.75 Å². The number of hydrogen-bond donors (Lipinski definition) is 1. The number of fused-ring (bicyclic) bond motifs is 1. The fourth-order valence-electron chi connectivity index (χ4n) is 2.39. The Bertz CT molecular complexity index is 842. The van der Waals surface area contributed by atoms with E-state index >= 15 is 0 Å². The van der Waals surface area contributed by atoms with E-state index in [0.717, 1.165) is 16.5 Å². The van der Waals surface area contributed by atoms with Gasteiger partial charge in [-0.05, 0) is 37.3 Å². The van der Waals surface area contributed by atoms with Crippen molar-refractivity contribution in [3.63, 3.8) is 0 Å². The van der Waals surface area contributed by atoms with E-state index in [9.17, 15) is 18.0 Å². The monoisotopic (exact) mass is 366 g/mol. The molecule has 1 atom stereocenters. The van der Waals surface area contributed by atoms with Crippen molar-refractivity contribution in [1.82, 2.24) is 0 Å². The quantitative estimate of drug-likeness (QED) is 0.836. The molecule has 2 aromatic carbocycles. The van der Waals surface area contributed by atoms with Crippen LogP contribution in [-0.4, -0.2) is 23.4 Å². The highest BCUT2D eigenvalue weighted by molar-refractivity contribution is 7.99. The topological polar surface area (TPSA) is 46.5 Å². The number of aliphatic carboxylic acids is 1. The number of ether oxygens (including phenoxy) is 1. The van der Waals surface area contributed by atoms with Gasteiger partial charge in [0.2, 0.25) is 6.10 Å². The number of carboxylic acids is 1. The summed E-state index contributed by atoms with van der Waals surface area (Å²) < 4.78 is 44.3. The lowest BCUT2D eigenvalue weighted by molar-refractivity contribution is -0.187. The molecule has 2 aromatic rings. The van der Waals surface area contributed by atoms with Gasteiger partial charge in [0.05, 0.1) is 5.57 Å². The van der Waals surface area contributed by atoms with Gasteiger partial charge in [0, 0.05) is 15.4 Å². The molecule has 1 unspecified atom stereocenters. The second-order valence-electron chi connectivity index (χ2n) is 5.56. The minimum Gasteiger partial charge on any atom is -0.478 e. The van der Waals surface area contributed by atoms with E-state index in [1.54, 1.807) is 12.1 Å². The zero-order valence-corrected chi connectivity index (χ0v) is 13.8. The highest BCUT2D eigenvalue weighted by atomic mass is 32.2. The number of carboxylic acid groups (broad SMARTS) is 1. The van der Waals surface area contributed by atoms with Crippen molar-refractivity contribution in [3.05, 3.63) is 59.2 Å². The minimum atomic E-state index is -4.80. The van der Waals surface area contributed by atoms with Crippen LogP contribution in [0.1, 0.15) is 11.1 Å². The summed E-state index contributed by atoms with van der Waals surface area (Å²) in [5, 5.41) is 9.02. The third-order valence-corrected chi connectivity index (χ3v) is 4.62. The first-order valence-corrected chi connectivity index (χ1v) is 8.12. The molecule has 0 saturated carbocycles. The molecule has 7 heteroatoms. The summed E-state index contributed by atoms with van der Waals surface area (Å²) >= 11 is 1.39. The molecular weight excluding hydrogens is 353 g/mol. The summed E-state index contributed by atoms with van der Waals surface area (Å²) in [4.78, 5) is 12.7. The summed E-state index contributed by atoms with van der Waals surface area (Å²) in [6.45, 7) is 1.96. The van der Waals surface area contributed by atoms with Crippen molar-refractivity contribution < 1.29 is 27.8 Å². The van der Waals surface area contributed by atoms with Gasteiger partial charge in [-0.3, -0.25) is 0 Å². The Kier molecular flexibility index (Phi) is 4.51. The zero-order chi connectivity index (χ0) is 18.2. The van der Waals surface area contributed by atoms with E-state index in [1.807, 2.05) is 31.2 Å². The summed E-state index contributed by atoms with van der Waals surface area (Å²) in [5.74, 6) is -1.63. The molecule has 1 heterocycles. The Balaban J connectivity index is 1.93. The lowest BCUT2D eigenvalue weighted by atomic mass is 10.0. The molecule has 0 spiro atoms. The van der Waals surface area contributed by atoms with Gasteiger partial charge in [0.25, 0.3) is 0 Å². The summed E-state index contributed by atoms with van der Waals surface area (Å²) in [6, 6.07) is 12.5. The smallest absolute Gasteiger partial charge is 0.430 e. The zero-order valence-electron chi connectivity index (χ0n) is 13.0. The van der Waals surface area contributed by atoms with Crippen LogP contribution in [0.3, 0.4) is 0 Å². The Hall–Kier alpha value is -2.41.